The maximum absolute atomic E-state index is 13.1. The van der Waals surface area contributed by atoms with Crippen LogP contribution in [0.1, 0.15) is 34.1 Å². The van der Waals surface area contributed by atoms with Crippen molar-refractivity contribution in [1.29, 1.82) is 0 Å². The number of thioether (sulfide) groups is 1. The standard InChI is InChI=1S/C28H27N5O5S2/c1-3-20(27(37)33-32-24(34)16-39-28-31-22-10-6-7-11-23(22)40-28)29-26(36)19-8-4-5-9-21(19)30-25(35)17-12-14-18(38-2)15-13-17/h4-15,20H,3,16H2,1-2H3,(H,29,36)(H,30,35)(H,32,34)(H,33,37)/t20-/m1/s1. The normalized spacial score (nSPS) is 11.3. The molecular formula is C28H27N5O5S2. The second-order valence-corrected chi connectivity index (χ2v) is 10.7. The van der Waals surface area contributed by atoms with Gasteiger partial charge in [-0.1, -0.05) is 43.0 Å². The molecule has 0 bridgehead atoms. The Balaban J connectivity index is 1.30. The fourth-order valence-corrected chi connectivity index (χ4v) is 5.48. The number of carbonyl (C=O) groups excluding carboxylic acids is 4. The van der Waals surface area contributed by atoms with Crippen LogP contribution in [-0.2, 0) is 9.59 Å². The highest BCUT2D eigenvalue weighted by Gasteiger charge is 2.22. The smallest absolute Gasteiger partial charge is 0.260 e. The molecule has 0 aliphatic carbocycles. The van der Waals surface area contributed by atoms with Crippen LogP contribution in [0.15, 0.2) is 77.1 Å². The number of rotatable bonds is 10. The summed E-state index contributed by atoms with van der Waals surface area (Å²) in [6.07, 6.45) is 0.272. The van der Waals surface area contributed by atoms with E-state index in [4.69, 9.17) is 4.74 Å². The highest BCUT2D eigenvalue weighted by molar-refractivity contribution is 8.01. The molecule has 0 aliphatic rings. The van der Waals surface area contributed by atoms with Gasteiger partial charge >= 0.3 is 0 Å². The number of nitrogens with one attached hydrogen (secondary N) is 4. The van der Waals surface area contributed by atoms with Crippen LogP contribution in [0.25, 0.3) is 10.2 Å². The summed E-state index contributed by atoms with van der Waals surface area (Å²) >= 11 is 2.76. The first kappa shape index (κ1) is 28.6. The van der Waals surface area contributed by atoms with Crippen LogP contribution < -0.4 is 26.2 Å². The van der Waals surface area contributed by atoms with Crippen molar-refractivity contribution in [2.75, 3.05) is 18.2 Å². The molecule has 4 aromatic rings. The van der Waals surface area contributed by atoms with Crippen molar-refractivity contribution in [3.63, 3.8) is 0 Å². The van der Waals surface area contributed by atoms with E-state index in [9.17, 15) is 19.2 Å². The molecule has 1 atom stereocenters. The zero-order valence-electron chi connectivity index (χ0n) is 21.7. The van der Waals surface area contributed by atoms with E-state index < -0.39 is 29.7 Å². The highest BCUT2D eigenvalue weighted by Crippen LogP contribution is 2.29. The van der Waals surface area contributed by atoms with Crippen molar-refractivity contribution in [1.82, 2.24) is 21.2 Å². The van der Waals surface area contributed by atoms with Crippen molar-refractivity contribution in [3.05, 3.63) is 83.9 Å². The molecule has 1 aromatic heterocycles. The van der Waals surface area contributed by atoms with E-state index in [1.165, 1.54) is 30.2 Å². The zero-order chi connectivity index (χ0) is 28.5. The van der Waals surface area contributed by atoms with E-state index >= 15 is 0 Å². The molecule has 4 N–H and O–H groups in total. The molecule has 4 amide bonds. The number of benzene rings is 3. The first-order valence-corrected chi connectivity index (χ1v) is 14.1. The molecule has 1 heterocycles. The predicted octanol–water partition coefficient (Wildman–Crippen LogP) is 4.01. The highest BCUT2D eigenvalue weighted by atomic mass is 32.2. The van der Waals surface area contributed by atoms with Gasteiger partial charge in [-0.25, -0.2) is 4.98 Å². The summed E-state index contributed by atoms with van der Waals surface area (Å²) in [5.41, 5.74) is 6.48. The van der Waals surface area contributed by atoms with Crippen LogP contribution in [0.2, 0.25) is 0 Å². The molecule has 0 radical (unpaired) electrons. The summed E-state index contributed by atoms with van der Waals surface area (Å²) in [4.78, 5) is 55.2. The van der Waals surface area contributed by atoms with Crippen LogP contribution in [0.4, 0.5) is 5.69 Å². The molecule has 206 valence electrons. The number of fused-ring (bicyclic) bond motifs is 1. The largest absolute Gasteiger partial charge is 0.497 e. The summed E-state index contributed by atoms with van der Waals surface area (Å²) < 4.78 is 6.89. The van der Waals surface area contributed by atoms with Crippen LogP contribution >= 0.6 is 23.1 Å². The molecule has 10 nitrogen and oxygen atoms in total. The Hall–Kier alpha value is -4.42. The number of hydrogen-bond acceptors (Lipinski definition) is 8. The maximum Gasteiger partial charge on any atom is 0.260 e. The lowest BCUT2D eigenvalue weighted by molar-refractivity contribution is -0.128. The average molecular weight is 578 g/mol. The number of thiazole rings is 1. The number of methoxy groups -OCH3 is 1. The Labute approximate surface area is 238 Å². The molecule has 0 aliphatic heterocycles. The van der Waals surface area contributed by atoms with E-state index in [1.807, 2.05) is 24.3 Å². The maximum atomic E-state index is 13.1. The second-order valence-electron chi connectivity index (χ2n) is 8.44. The van der Waals surface area contributed by atoms with Gasteiger partial charge in [0.1, 0.15) is 11.8 Å². The first-order chi connectivity index (χ1) is 19.4. The number of nitrogens with zero attached hydrogens (tertiary/aromatic N) is 1. The minimum Gasteiger partial charge on any atom is -0.497 e. The molecule has 0 spiro atoms. The van der Waals surface area contributed by atoms with E-state index in [-0.39, 0.29) is 23.4 Å². The number of hydrogen-bond donors (Lipinski definition) is 4. The van der Waals surface area contributed by atoms with Crippen LogP contribution in [-0.4, -0.2) is 47.5 Å². The number of hydrazine groups is 1. The number of anilines is 1. The summed E-state index contributed by atoms with van der Waals surface area (Å²) in [6.45, 7) is 1.73. The Bertz CT molecular complexity index is 1490. The van der Waals surface area contributed by atoms with Gasteiger partial charge in [0.05, 0.1) is 34.3 Å². The van der Waals surface area contributed by atoms with Gasteiger partial charge in [-0.15, -0.1) is 11.3 Å². The Morgan fingerprint density at radius 2 is 1.65 bits per heavy atom. The zero-order valence-corrected chi connectivity index (χ0v) is 23.4. The van der Waals surface area contributed by atoms with Crippen molar-refractivity contribution in [2.24, 2.45) is 0 Å². The molecule has 4 rings (SSSR count). The summed E-state index contributed by atoms with van der Waals surface area (Å²) in [5, 5.41) is 5.40. The Morgan fingerprint density at radius 3 is 2.38 bits per heavy atom. The van der Waals surface area contributed by atoms with E-state index in [0.717, 1.165) is 14.6 Å². The third-order valence-corrected chi connectivity index (χ3v) is 7.91. The molecule has 0 saturated heterocycles. The molecule has 0 fully saturated rings. The van der Waals surface area contributed by atoms with Crippen molar-refractivity contribution in [2.45, 2.75) is 23.7 Å². The van der Waals surface area contributed by atoms with Crippen molar-refractivity contribution in [3.8, 4) is 5.75 Å². The fourth-order valence-electron chi connectivity index (χ4n) is 3.61. The van der Waals surface area contributed by atoms with Crippen LogP contribution in [0.3, 0.4) is 0 Å². The third kappa shape index (κ3) is 7.36. The molecule has 0 unspecified atom stereocenters. The Morgan fingerprint density at radius 1 is 0.925 bits per heavy atom. The van der Waals surface area contributed by atoms with Gasteiger partial charge in [0.25, 0.3) is 17.7 Å². The lowest BCUT2D eigenvalue weighted by atomic mass is 10.1. The lowest BCUT2D eigenvalue weighted by Crippen LogP contribution is -2.52. The molecule has 40 heavy (non-hydrogen) atoms. The minimum absolute atomic E-state index is 0.0600. The summed E-state index contributed by atoms with van der Waals surface area (Å²) in [5.74, 6) is -1.27. The van der Waals surface area contributed by atoms with Crippen LogP contribution in [0.5, 0.6) is 5.75 Å². The van der Waals surface area contributed by atoms with Gasteiger partial charge in [0, 0.05) is 5.56 Å². The monoisotopic (exact) mass is 577 g/mol. The van der Waals surface area contributed by atoms with Crippen molar-refractivity contribution >= 4 is 62.6 Å². The topological polar surface area (TPSA) is 139 Å². The molecular weight excluding hydrogens is 550 g/mol. The Kier molecular flexibility index (Phi) is 9.71. The fraction of sp³-hybridized carbons (Fsp3) is 0.179. The van der Waals surface area contributed by atoms with Gasteiger partial charge in [-0.05, 0) is 55.0 Å². The quantitative estimate of drug-likeness (QED) is 0.165. The van der Waals surface area contributed by atoms with E-state index in [0.29, 0.717) is 11.3 Å². The molecule has 0 saturated carbocycles. The number of carbonyl (C=O) groups is 4. The van der Waals surface area contributed by atoms with Gasteiger partial charge in [-0.2, -0.15) is 0 Å². The van der Waals surface area contributed by atoms with Gasteiger partial charge < -0.3 is 15.4 Å². The minimum atomic E-state index is -0.921. The number of ether oxygens (including phenoxy) is 1. The lowest BCUT2D eigenvalue weighted by Gasteiger charge is -2.18. The number of amides is 4. The number of aromatic nitrogens is 1. The van der Waals surface area contributed by atoms with Crippen LogP contribution in [0, 0.1) is 0 Å². The predicted molar refractivity (Wildman–Crippen MR) is 156 cm³/mol. The SMILES string of the molecule is CC[C@@H](NC(=O)c1ccccc1NC(=O)c1ccc(OC)cc1)C(=O)NNC(=O)CSc1nc2ccccc2s1. The molecule has 3 aromatic carbocycles. The summed E-state index contributed by atoms with van der Waals surface area (Å²) in [6, 6.07) is 19.8. The van der Waals surface area contributed by atoms with Gasteiger partial charge in [0.15, 0.2) is 4.34 Å². The first-order valence-electron chi connectivity index (χ1n) is 12.3. The van der Waals surface area contributed by atoms with E-state index in [1.54, 1.807) is 55.5 Å². The summed E-state index contributed by atoms with van der Waals surface area (Å²) in [7, 11) is 1.53. The second kappa shape index (κ2) is 13.6. The molecule has 12 heteroatoms. The third-order valence-electron chi connectivity index (χ3n) is 5.73. The average Bonchev–Trinajstić information content (AvgIpc) is 3.41. The van der Waals surface area contributed by atoms with Crippen molar-refractivity contribution < 1.29 is 23.9 Å². The van der Waals surface area contributed by atoms with E-state index in [2.05, 4.69) is 26.5 Å². The van der Waals surface area contributed by atoms with Gasteiger partial charge in [-0.3, -0.25) is 30.0 Å². The number of para-hydroxylation sites is 2. The van der Waals surface area contributed by atoms with Gasteiger partial charge in [0.2, 0.25) is 5.91 Å².